The van der Waals surface area contributed by atoms with Crippen LogP contribution in [0.4, 0.5) is 0 Å². The molecule has 580 valence electrons. The molecule has 4 heterocycles. The second kappa shape index (κ2) is 35.0. The Bertz CT molecular complexity index is 7560. The van der Waals surface area contributed by atoms with Crippen LogP contribution in [-0.4, -0.2) is 13.2 Å². The van der Waals surface area contributed by atoms with Crippen LogP contribution in [0.2, 0.25) is 0 Å². The monoisotopic (exact) mass is 1600 g/mol. The number of benzene rings is 20. The Morgan fingerprint density at radius 1 is 0.183 bits per heavy atom. The van der Waals surface area contributed by atoms with E-state index in [0.717, 1.165) is 11.5 Å². The van der Waals surface area contributed by atoms with Crippen molar-refractivity contribution in [3.05, 3.63) is 433 Å². The van der Waals surface area contributed by atoms with Gasteiger partial charge in [-0.3, -0.25) is 0 Å². The predicted molar refractivity (Wildman–Crippen MR) is 527 cm³/mol. The van der Waals surface area contributed by atoms with Gasteiger partial charge in [0.05, 0.1) is 4.88 Å². The van der Waals surface area contributed by atoms with Gasteiger partial charge in [0.1, 0.15) is 13.2 Å². The third kappa shape index (κ3) is 16.1. The molecule has 0 saturated heterocycles. The Labute approximate surface area is 713 Å². The van der Waals surface area contributed by atoms with Crippen LogP contribution in [0, 0.1) is 48.5 Å². The average molecular weight is 1600 g/mol. The summed E-state index contributed by atoms with van der Waals surface area (Å²) in [6, 6.07) is 141. The summed E-state index contributed by atoms with van der Waals surface area (Å²) in [7, 11) is 0. The minimum atomic E-state index is 0.642. The molecule has 0 bridgehead atoms. The van der Waals surface area contributed by atoms with E-state index in [4.69, 9.17) is 9.47 Å². The molecule has 0 radical (unpaired) electrons. The highest BCUT2D eigenvalue weighted by Gasteiger charge is 2.23. The van der Waals surface area contributed by atoms with E-state index in [1.54, 1.807) is 11.3 Å². The Hall–Kier alpha value is -13.5. The predicted octanol–water partition coefficient (Wildman–Crippen LogP) is 33.9. The molecule has 24 rings (SSSR count). The van der Waals surface area contributed by atoms with Crippen LogP contribution in [-0.2, 0) is 0 Å². The highest BCUT2D eigenvalue weighted by Crippen LogP contribution is 2.49. The largest absolute Gasteiger partial charge is 0.485 e. The van der Waals surface area contributed by atoms with Gasteiger partial charge in [-0.15, -0.1) is 34.0 Å². The molecule has 20 aromatic carbocycles. The number of aryl methyl sites for hydroxylation is 7. The normalized spacial score (nSPS) is 11.5. The van der Waals surface area contributed by atoms with E-state index in [0.29, 0.717) is 13.2 Å². The van der Waals surface area contributed by atoms with Crippen LogP contribution in [0.25, 0.3) is 170 Å². The van der Waals surface area contributed by atoms with Gasteiger partial charge < -0.3 is 9.47 Å². The van der Waals surface area contributed by atoms with Crippen molar-refractivity contribution in [3.8, 4) is 44.2 Å². The molecule has 0 amide bonds. The smallest absolute Gasteiger partial charge is 0.180 e. The molecule has 1 aliphatic heterocycles. The molecular formula is C115H90O2S3. The zero-order valence-corrected chi connectivity index (χ0v) is 70.9. The van der Waals surface area contributed by atoms with Crippen LogP contribution in [0.3, 0.4) is 0 Å². The molecule has 0 unspecified atom stereocenters. The number of hydrogen-bond acceptors (Lipinski definition) is 5. The van der Waals surface area contributed by atoms with E-state index in [1.165, 1.54) is 208 Å². The first kappa shape index (κ1) is 77.7. The first-order valence-corrected chi connectivity index (χ1v) is 43.7. The number of fused-ring (bicyclic) bond motifs is 25. The second-order valence-corrected chi connectivity index (χ2v) is 34.5. The molecule has 0 N–H and O–H groups in total. The Balaban J connectivity index is 0.0000000984. The standard InChI is InChI=1S/2C25H18.C19H14.C13H12O2S.2C13H10S.C7H8/c1-17-7-6-8-18(15-17)19-13-14-24-22-11-3-2-9-20(22)21-10-4-5-12-23(21)25(24)16-19;1-17-10-12-18(13-11-17)19-14-15-24-22-8-3-2-6-20(22)21-7-4-5-9-23(21)25(24)16-19;1-13-10-11-18-16-8-3-2-6-14(16)15-7-4-5-9-17(15)19(18)12-13;1-9-11-12(15-8-7-14-11)13(16-9)10-5-3-2-4-6-10;1-9-5-4-7-11-10-6-2-3-8-12(10)14-13(9)11;1-9-6-7-13-11(8-9)10-4-2-3-5-12(10)14-13;1-7-5-3-2-4-6-7/h2*2-16H,1H3;2-12H,1H3;2-6H,7-8H2,1H3;2*2-8H,1H3;2-6H,1H3. The van der Waals surface area contributed by atoms with Gasteiger partial charge in [0.2, 0.25) is 0 Å². The van der Waals surface area contributed by atoms with E-state index in [1.807, 2.05) is 59.1 Å². The minimum absolute atomic E-state index is 0.642. The van der Waals surface area contributed by atoms with Crippen molar-refractivity contribution in [2.24, 2.45) is 0 Å². The van der Waals surface area contributed by atoms with E-state index in [2.05, 4.69) is 406 Å². The van der Waals surface area contributed by atoms with Crippen LogP contribution < -0.4 is 9.47 Å². The SMILES string of the molecule is Cc1ccc(-c2ccc3c4ccccc4c4ccccc4c3c2)cc1.Cc1ccc2c3ccccc3c3ccccc3c2c1.Cc1ccc2sc3ccccc3c2c1.Cc1cccc(-c2ccc3c4ccccc4c4ccccc4c3c2)c1.Cc1cccc2c1sc1ccccc12.Cc1ccccc1.Cc1sc(-c2ccccc2)c2c1OCCO2. The van der Waals surface area contributed by atoms with Crippen molar-refractivity contribution in [1.29, 1.82) is 0 Å². The summed E-state index contributed by atoms with van der Waals surface area (Å²) in [5.41, 5.74) is 14.2. The van der Waals surface area contributed by atoms with Crippen molar-refractivity contribution < 1.29 is 9.47 Å². The summed E-state index contributed by atoms with van der Waals surface area (Å²) in [5, 5.41) is 29.5. The zero-order valence-electron chi connectivity index (χ0n) is 68.5. The fourth-order valence-corrected chi connectivity index (χ4v) is 20.2. The lowest BCUT2D eigenvalue weighted by Gasteiger charge is -2.16. The molecule has 0 atom stereocenters. The molecule has 0 fully saturated rings. The molecule has 0 aliphatic carbocycles. The maximum Gasteiger partial charge on any atom is 0.180 e. The zero-order chi connectivity index (χ0) is 81.6. The van der Waals surface area contributed by atoms with Crippen LogP contribution >= 0.6 is 34.0 Å². The summed E-state index contributed by atoms with van der Waals surface area (Å²) < 4.78 is 16.9. The van der Waals surface area contributed by atoms with Crippen LogP contribution in [0.1, 0.15) is 38.3 Å². The Morgan fingerprint density at radius 3 is 0.975 bits per heavy atom. The maximum atomic E-state index is 5.72. The molecule has 120 heavy (non-hydrogen) atoms. The van der Waals surface area contributed by atoms with Crippen molar-refractivity contribution in [3.63, 3.8) is 0 Å². The number of rotatable bonds is 3. The van der Waals surface area contributed by atoms with Gasteiger partial charge in [0, 0.05) is 45.2 Å². The van der Waals surface area contributed by atoms with E-state index in [-0.39, 0.29) is 0 Å². The molecule has 3 aromatic heterocycles. The lowest BCUT2D eigenvalue weighted by molar-refractivity contribution is 0.173. The second-order valence-electron chi connectivity index (χ2n) is 31.1. The van der Waals surface area contributed by atoms with E-state index >= 15 is 0 Å². The fourth-order valence-electron chi connectivity index (χ4n) is 16.9. The number of thiophene rings is 3. The van der Waals surface area contributed by atoms with E-state index in [9.17, 15) is 0 Å². The number of ether oxygens (including phenoxy) is 2. The summed E-state index contributed by atoms with van der Waals surface area (Å²) >= 11 is 5.49. The van der Waals surface area contributed by atoms with Gasteiger partial charge >= 0.3 is 0 Å². The third-order valence-electron chi connectivity index (χ3n) is 22.8. The maximum absolute atomic E-state index is 5.72. The van der Waals surface area contributed by atoms with Gasteiger partial charge in [0.25, 0.3) is 0 Å². The van der Waals surface area contributed by atoms with Crippen LogP contribution in [0.15, 0.2) is 394 Å². The summed E-state index contributed by atoms with van der Waals surface area (Å²) in [6.07, 6.45) is 0. The van der Waals surface area contributed by atoms with Gasteiger partial charge in [-0.05, 0) is 215 Å². The average Bonchev–Trinajstić information content (AvgIpc) is 1.69. The third-order valence-corrected chi connectivity index (χ3v) is 26.4. The van der Waals surface area contributed by atoms with Crippen LogP contribution in [0.5, 0.6) is 11.5 Å². The Kier molecular flexibility index (Phi) is 22.6. The summed E-state index contributed by atoms with van der Waals surface area (Å²) in [6.45, 7) is 16.2. The molecule has 0 saturated carbocycles. The van der Waals surface area contributed by atoms with Gasteiger partial charge in [-0.2, -0.15) is 0 Å². The summed E-state index contributed by atoms with van der Waals surface area (Å²) in [5.74, 6) is 1.84. The van der Waals surface area contributed by atoms with Crippen molar-refractivity contribution in [2.75, 3.05) is 13.2 Å². The number of hydrogen-bond donors (Lipinski definition) is 0. The van der Waals surface area contributed by atoms with Crippen molar-refractivity contribution >= 4 is 171 Å². The first-order chi connectivity index (χ1) is 58.9. The highest BCUT2D eigenvalue weighted by atomic mass is 32.1. The van der Waals surface area contributed by atoms with Crippen molar-refractivity contribution in [2.45, 2.75) is 48.5 Å². The molecule has 1 aliphatic rings. The minimum Gasteiger partial charge on any atom is -0.485 e. The Morgan fingerprint density at radius 2 is 0.492 bits per heavy atom. The highest BCUT2D eigenvalue weighted by molar-refractivity contribution is 7.26. The molecule has 0 spiro atoms. The van der Waals surface area contributed by atoms with E-state index < -0.39 is 0 Å². The summed E-state index contributed by atoms with van der Waals surface area (Å²) in [4.78, 5) is 2.36. The topological polar surface area (TPSA) is 18.5 Å². The lowest BCUT2D eigenvalue weighted by atomic mass is 9.92. The van der Waals surface area contributed by atoms with Crippen molar-refractivity contribution in [1.82, 2.24) is 0 Å². The lowest BCUT2D eigenvalue weighted by Crippen LogP contribution is -2.14. The molecule has 5 heteroatoms. The van der Waals surface area contributed by atoms with Gasteiger partial charge in [0.15, 0.2) is 11.5 Å². The molecular weight excluding hydrogens is 1510 g/mol. The molecule has 23 aromatic rings. The fraction of sp³-hybridized carbons (Fsp3) is 0.0783. The first-order valence-electron chi connectivity index (χ1n) is 41.2. The van der Waals surface area contributed by atoms with Gasteiger partial charge in [-0.1, -0.05) is 386 Å². The quantitative estimate of drug-likeness (QED) is 0.164. The van der Waals surface area contributed by atoms with Gasteiger partial charge in [-0.25, -0.2) is 0 Å². The molecule has 2 nitrogen and oxygen atoms in total.